The second-order valence-electron chi connectivity index (χ2n) is 6.33. The van der Waals surface area contributed by atoms with Crippen LogP contribution in [0.15, 0.2) is 0 Å². The van der Waals surface area contributed by atoms with E-state index in [1.807, 2.05) is 18.7 Å². The molecule has 0 amide bonds. The molecule has 1 aromatic heterocycles. The molecule has 0 aliphatic heterocycles. The maximum atomic E-state index is 6.33. The fourth-order valence-electron chi connectivity index (χ4n) is 3.18. The van der Waals surface area contributed by atoms with Gasteiger partial charge in [-0.2, -0.15) is 5.10 Å². The first-order chi connectivity index (χ1) is 9.43. The van der Waals surface area contributed by atoms with Crippen LogP contribution in [0.25, 0.3) is 0 Å². The SMILES string of the molecule is CCCNC1CC(Oc2c(C)nn(C)c2C)C1(C)CC. The lowest BCUT2D eigenvalue weighted by Crippen LogP contribution is -2.63. The molecule has 1 aromatic rings. The first kappa shape index (κ1) is 15.4. The number of ether oxygens (including phenoxy) is 1. The van der Waals surface area contributed by atoms with Gasteiger partial charge in [0.25, 0.3) is 0 Å². The van der Waals surface area contributed by atoms with Crippen LogP contribution in [0.4, 0.5) is 0 Å². The van der Waals surface area contributed by atoms with Crippen LogP contribution in [0.5, 0.6) is 5.75 Å². The molecule has 20 heavy (non-hydrogen) atoms. The molecular formula is C16H29N3O. The van der Waals surface area contributed by atoms with Crippen molar-refractivity contribution in [3.05, 3.63) is 11.4 Å². The molecule has 3 unspecified atom stereocenters. The third kappa shape index (κ3) is 2.46. The Kier molecular flexibility index (Phi) is 4.43. The van der Waals surface area contributed by atoms with Crippen molar-refractivity contribution in [1.29, 1.82) is 0 Å². The summed E-state index contributed by atoms with van der Waals surface area (Å²) in [5.41, 5.74) is 2.34. The summed E-state index contributed by atoms with van der Waals surface area (Å²) in [4.78, 5) is 0. The highest BCUT2D eigenvalue weighted by molar-refractivity contribution is 5.32. The van der Waals surface area contributed by atoms with Gasteiger partial charge < -0.3 is 10.1 Å². The normalized spacial score (nSPS) is 29.3. The first-order valence-electron chi connectivity index (χ1n) is 7.84. The average Bonchev–Trinajstić information content (AvgIpc) is 2.66. The van der Waals surface area contributed by atoms with Crippen molar-refractivity contribution in [2.75, 3.05) is 6.54 Å². The predicted molar refractivity (Wildman–Crippen MR) is 82.2 cm³/mol. The molecule has 4 nitrogen and oxygen atoms in total. The smallest absolute Gasteiger partial charge is 0.163 e. The van der Waals surface area contributed by atoms with Gasteiger partial charge >= 0.3 is 0 Å². The van der Waals surface area contributed by atoms with Gasteiger partial charge in [-0.05, 0) is 33.2 Å². The van der Waals surface area contributed by atoms with Gasteiger partial charge in [-0.25, -0.2) is 0 Å². The van der Waals surface area contributed by atoms with Crippen LogP contribution >= 0.6 is 0 Å². The number of hydrogen-bond acceptors (Lipinski definition) is 3. The van der Waals surface area contributed by atoms with Crippen LogP contribution in [0.1, 0.15) is 51.4 Å². The summed E-state index contributed by atoms with van der Waals surface area (Å²) < 4.78 is 8.23. The van der Waals surface area contributed by atoms with Crippen LogP contribution < -0.4 is 10.1 Å². The van der Waals surface area contributed by atoms with E-state index in [0.29, 0.717) is 12.1 Å². The van der Waals surface area contributed by atoms with Gasteiger partial charge in [0, 0.05) is 24.9 Å². The summed E-state index contributed by atoms with van der Waals surface area (Å²) in [6.07, 6.45) is 3.71. The molecular weight excluding hydrogens is 250 g/mol. The Morgan fingerprint density at radius 1 is 1.40 bits per heavy atom. The lowest BCUT2D eigenvalue weighted by molar-refractivity contribution is -0.0707. The van der Waals surface area contributed by atoms with Crippen molar-refractivity contribution in [3.8, 4) is 5.75 Å². The van der Waals surface area contributed by atoms with Crippen molar-refractivity contribution in [3.63, 3.8) is 0 Å². The molecule has 1 N–H and O–H groups in total. The number of nitrogens with one attached hydrogen (secondary N) is 1. The van der Waals surface area contributed by atoms with Crippen LogP contribution in [-0.2, 0) is 7.05 Å². The van der Waals surface area contributed by atoms with Gasteiger partial charge in [0.2, 0.25) is 0 Å². The third-order valence-electron chi connectivity index (χ3n) is 5.09. The molecule has 0 bridgehead atoms. The number of rotatable bonds is 6. The maximum Gasteiger partial charge on any atom is 0.163 e. The van der Waals surface area contributed by atoms with E-state index in [0.717, 1.165) is 36.5 Å². The zero-order valence-corrected chi connectivity index (χ0v) is 13.8. The molecule has 114 valence electrons. The van der Waals surface area contributed by atoms with Crippen molar-refractivity contribution < 1.29 is 4.74 Å². The summed E-state index contributed by atoms with van der Waals surface area (Å²) in [5, 5.41) is 8.10. The van der Waals surface area contributed by atoms with Crippen LogP contribution in [0.2, 0.25) is 0 Å². The fourth-order valence-corrected chi connectivity index (χ4v) is 3.18. The van der Waals surface area contributed by atoms with E-state index in [1.54, 1.807) is 0 Å². The van der Waals surface area contributed by atoms with Crippen molar-refractivity contribution in [2.45, 2.75) is 66.0 Å². The molecule has 1 heterocycles. The van der Waals surface area contributed by atoms with Crippen LogP contribution in [0.3, 0.4) is 0 Å². The molecule has 0 spiro atoms. The zero-order chi connectivity index (χ0) is 14.9. The van der Waals surface area contributed by atoms with Crippen LogP contribution in [-0.4, -0.2) is 28.5 Å². The van der Waals surface area contributed by atoms with Crippen molar-refractivity contribution in [1.82, 2.24) is 15.1 Å². The summed E-state index contributed by atoms with van der Waals surface area (Å²) in [6.45, 7) is 12.0. The number of aromatic nitrogens is 2. The van der Waals surface area contributed by atoms with Gasteiger partial charge in [0.05, 0.1) is 5.69 Å². The molecule has 3 atom stereocenters. The number of hydrogen-bond donors (Lipinski definition) is 1. The molecule has 1 saturated carbocycles. The Morgan fingerprint density at radius 2 is 2.10 bits per heavy atom. The fraction of sp³-hybridized carbons (Fsp3) is 0.812. The molecule has 0 aromatic carbocycles. The Hall–Kier alpha value is -1.03. The van der Waals surface area contributed by atoms with Crippen molar-refractivity contribution in [2.24, 2.45) is 12.5 Å². The molecule has 1 fully saturated rings. The highest BCUT2D eigenvalue weighted by Gasteiger charge is 2.52. The highest BCUT2D eigenvalue weighted by atomic mass is 16.5. The Morgan fingerprint density at radius 3 is 2.60 bits per heavy atom. The minimum Gasteiger partial charge on any atom is -0.486 e. The second-order valence-corrected chi connectivity index (χ2v) is 6.33. The summed E-state index contributed by atoms with van der Waals surface area (Å²) in [6, 6.07) is 0.578. The van der Waals surface area contributed by atoms with Crippen molar-refractivity contribution >= 4 is 0 Å². The van der Waals surface area contributed by atoms with Gasteiger partial charge in [0.15, 0.2) is 5.75 Å². The molecule has 1 aliphatic rings. The summed E-state index contributed by atoms with van der Waals surface area (Å²) in [7, 11) is 1.97. The minimum absolute atomic E-state index is 0.226. The monoisotopic (exact) mass is 279 g/mol. The molecule has 2 rings (SSSR count). The third-order valence-corrected chi connectivity index (χ3v) is 5.09. The Balaban J connectivity index is 2.07. The lowest BCUT2D eigenvalue weighted by Gasteiger charge is -2.53. The van der Waals surface area contributed by atoms with E-state index in [1.165, 1.54) is 6.42 Å². The molecule has 1 aliphatic carbocycles. The lowest BCUT2D eigenvalue weighted by atomic mass is 9.61. The largest absolute Gasteiger partial charge is 0.486 e. The quantitative estimate of drug-likeness (QED) is 0.870. The predicted octanol–water partition coefficient (Wildman–Crippen LogP) is 2.97. The standard InChI is InChI=1S/C16H29N3O/c1-7-9-17-13-10-14(16(13,5)8-2)20-15-11(3)18-19(6)12(15)4/h13-14,17H,7-10H2,1-6H3. The van der Waals surface area contributed by atoms with Gasteiger partial charge in [-0.3, -0.25) is 4.68 Å². The Labute approximate surface area is 122 Å². The number of nitrogens with zero attached hydrogens (tertiary/aromatic N) is 2. The van der Waals surface area contributed by atoms with E-state index in [4.69, 9.17) is 4.74 Å². The summed E-state index contributed by atoms with van der Waals surface area (Å²) >= 11 is 0. The molecule has 0 radical (unpaired) electrons. The topological polar surface area (TPSA) is 39.1 Å². The number of aryl methyl sites for hydroxylation is 2. The van der Waals surface area contributed by atoms with E-state index < -0.39 is 0 Å². The highest BCUT2D eigenvalue weighted by Crippen LogP contribution is 2.46. The molecule has 0 saturated heterocycles. The van der Waals surface area contributed by atoms with Crippen LogP contribution in [0, 0.1) is 19.3 Å². The van der Waals surface area contributed by atoms with Gasteiger partial charge in [0.1, 0.15) is 11.8 Å². The van der Waals surface area contributed by atoms with E-state index in [2.05, 4.69) is 38.1 Å². The van der Waals surface area contributed by atoms with Gasteiger partial charge in [-0.15, -0.1) is 0 Å². The zero-order valence-electron chi connectivity index (χ0n) is 13.8. The average molecular weight is 279 g/mol. The maximum absolute atomic E-state index is 6.33. The summed E-state index contributed by atoms with van der Waals surface area (Å²) in [5.74, 6) is 0.978. The second kappa shape index (κ2) is 5.76. The minimum atomic E-state index is 0.226. The first-order valence-corrected chi connectivity index (χ1v) is 7.84. The van der Waals surface area contributed by atoms with E-state index >= 15 is 0 Å². The van der Waals surface area contributed by atoms with Gasteiger partial charge in [-0.1, -0.05) is 20.8 Å². The molecule has 4 heteroatoms. The Bertz CT molecular complexity index is 469. The van der Waals surface area contributed by atoms with E-state index in [9.17, 15) is 0 Å². The van der Waals surface area contributed by atoms with E-state index in [-0.39, 0.29) is 5.41 Å².